The van der Waals surface area contributed by atoms with Gasteiger partial charge in [0.2, 0.25) is 5.91 Å². The quantitative estimate of drug-likeness (QED) is 0.235. The predicted octanol–water partition coefficient (Wildman–Crippen LogP) is 7.42. The van der Waals surface area contributed by atoms with Crippen LogP contribution in [0.5, 0.6) is 0 Å². The van der Waals surface area contributed by atoms with Gasteiger partial charge in [-0.1, -0.05) is 37.3 Å². The first-order valence-corrected chi connectivity index (χ1v) is 12.6. The van der Waals surface area contributed by atoms with Crippen LogP contribution in [0.4, 0.5) is 8.78 Å². The molecule has 38 heavy (non-hydrogen) atoms. The normalized spacial score (nSPS) is 12.5. The molecule has 0 fully saturated rings. The third-order valence-corrected chi connectivity index (χ3v) is 7.26. The molecular weight excluding hydrogens is 482 g/mol. The van der Waals surface area contributed by atoms with Crippen LogP contribution in [0.1, 0.15) is 41.6 Å². The van der Waals surface area contributed by atoms with Crippen molar-refractivity contribution in [3.05, 3.63) is 95.8 Å². The number of carbonyl (C=O) groups excluding carboxylic acids is 1. The molecule has 1 amide bonds. The number of nitrogens with one attached hydrogen (secondary N) is 1. The van der Waals surface area contributed by atoms with Crippen LogP contribution >= 0.6 is 0 Å². The van der Waals surface area contributed by atoms with Crippen molar-refractivity contribution in [1.29, 1.82) is 0 Å². The lowest BCUT2D eigenvalue weighted by molar-refractivity contribution is 0.0999. The molecule has 2 aromatic heterocycles. The maximum Gasteiger partial charge on any atom is 0.248 e. The monoisotopic (exact) mass is 508 g/mol. The van der Waals surface area contributed by atoms with Crippen molar-refractivity contribution in [2.45, 2.75) is 25.7 Å². The molecule has 0 aliphatic carbocycles. The molecule has 190 valence electrons. The minimum Gasteiger partial charge on any atom is -0.366 e. The molecule has 0 radical (unpaired) electrons. The van der Waals surface area contributed by atoms with E-state index in [1.54, 1.807) is 12.1 Å². The minimum absolute atomic E-state index is 0.0344. The van der Waals surface area contributed by atoms with Gasteiger partial charge in [0.15, 0.2) is 0 Å². The summed E-state index contributed by atoms with van der Waals surface area (Å²) in [5, 5.41) is 2.05. The zero-order chi connectivity index (χ0) is 26.4. The summed E-state index contributed by atoms with van der Waals surface area (Å²) in [6, 6.07) is 24.3. The van der Waals surface area contributed by atoms with Crippen molar-refractivity contribution < 1.29 is 13.6 Å². The first kappa shape index (κ1) is 23.9. The number of carbonyl (C=O) groups is 1. The number of nitrogens with zero attached hydrogens (tertiary/aromatic N) is 2. The zero-order valence-corrected chi connectivity index (χ0v) is 20.8. The first-order valence-electron chi connectivity index (χ1n) is 12.6. The summed E-state index contributed by atoms with van der Waals surface area (Å²) in [6.45, 7) is 1.59. The van der Waals surface area contributed by atoms with Crippen molar-refractivity contribution in [1.82, 2.24) is 14.5 Å². The number of alkyl halides is 1. The molecule has 1 unspecified atom stereocenters. The smallest absolute Gasteiger partial charge is 0.248 e. The van der Waals surface area contributed by atoms with Gasteiger partial charge in [-0.25, -0.2) is 9.37 Å². The number of hydrogen-bond acceptors (Lipinski definition) is 2. The molecule has 6 rings (SSSR count). The fourth-order valence-electron chi connectivity index (χ4n) is 5.46. The molecule has 7 heteroatoms. The molecule has 6 aromatic rings. The summed E-state index contributed by atoms with van der Waals surface area (Å²) in [5.74, 6) is -0.195. The summed E-state index contributed by atoms with van der Waals surface area (Å²) in [7, 11) is 0. The molecule has 0 spiro atoms. The Labute approximate surface area is 217 Å². The highest BCUT2D eigenvalue weighted by Gasteiger charge is 2.20. The highest BCUT2D eigenvalue weighted by molar-refractivity contribution is 6.15. The number of imidazole rings is 1. The molecule has 4 aromatic carbocycles. The minimum atomic E-state index is -0.496. The van der Waals surface area contributed by atoms with Gasteiger partial charge in [0.25, 0.3) is 0 Å². The highest BCUT2D eigenvalue weighted by atomic mass is 19.1. The van der Waals surface area contributed by atoms with Crippen LogP contribution in [0.15, 0.2) is 78.9 Å². The van der Waals surface area contributed by atoms with Gasteiger partial charge < -0.3 is 15.3 Å². The van der Waals surface area contributed by atoms with E-state index >= 15 is 0 Å². The second kappa shape index (κ2) is 9.41. The molecule has 0 aliphatic rings. The van der Waals surface area contributed by atoms with Crippen LogP contribution in [-0.2, 0) is 0 Å². The van der Waals surface area contributed by atoms with Crippen LogP contribution in [-0.4, -0.2) is 27.1 Å². The number of aromatic nitrogens is 3. The lowest BCUT2D eigenvalue weighted by Crippen LogP contribution is -2.15. The SMILES string of the molecule is CC(CCCF)c1cc(-n2c3ccccc3c3c(-c4nc5ccc(F)cc5[nH]4)cccc32)ccc1C(N)=O. The van der Waals surface area contributed by atoms with E-state index in [4.69, 9.17) is 10.7 Å². The highest BCUT2D eigenvalue weighted by Crippen LogP contribution is 2.39. The molecule has 0 bridgehead atoms. The van der Waals surface area contributed by atoms with Crippen molar-refractivity contribution >= 4 is 38.7 Å². The van der Waals surface area contributed by atoms with Gasteiger partial charge in [-0.05, 0) is 72.9 Å². The number of primary amides is 1. The Morgan fingerprint density at radius 1 is 1.03 bits per heavy atom. The van der Waals surface area contributed by atoms with Crippen molar-refractivity contribution in [3.8, 4) is 17.1 Å². The zero-order valence-electron chi connectivity index (χ0n) is 20.8. The number of H-pyrrole nitrogens is 1. The number of fused-ring (bicyclic) bond motifs is 4. The van der Waals surface area contributed by atoms with E-state index in [2.05, 4.69) is 27.8 Å². The van der Waals surface area contributed by atoms with Crippen molar-refractivity contribution in [2.24, 2.45) is 5.73 Å². The molecule has 0 saturated carbocycles. The lowest BCUT2D eigenvalue weighted by Gasteiger charge is -2.17. The number of nitrogens with two attached hydrogens (primary N) is 1. The fraction of sp³-hybridized carbons (Fsp3) is 0.161. The van der Waals surface area contributed by atoms with Crippen LogP contribution < -0.4 is 5.73 Å². The van der Waals surface area contributed by atoms with E-state index in [-0.39, 0.29) is 11.7 Å². The number of rotatable bonds is 7. The number of aromatic amines is 1. The number of benzene rings is 4. The van der Waals surface area contributed by atoms with Crippen LogP contribution in [0.25, 0.3) is 49.9 Å². The third-order valence-electron chi connectivity index (χ3n) is 7.26. The van der Waals surface area contributed by atoms with Gasteiger partial charge >= 0.3 is 0 Å². The maximum absolute atomic E-state index is 13.8. The standard InChI is InChI=1S/C31H26F2N4O/c1-18(6-5-15-32)24-17-20(12-13-21(24)30(34)38)37-27-9-3-2-7-22(27)29-23(8-4-10-28(29)37)31-35-25-14-11-19(33)16-26(25)36-31/h2-4,7-14,16-18H,5-6,15H2,1H3,(H2,34,38)(H,35,36). The van der Waals surface area contributed by atoms with Gasteiger partial charge in [0.1, 0.15) is 11.6 Å². The Hall–Kier alpha value is -4.52. The third kappa shape index (κ3) is 3.91. The Morgan fingerprint density at radius 3 is 2.66 bits per heavy atom. The topological polar surface area (TPSA) is 76.7 Å². The Bertz CT molecular complexity index is 1840. The van der Waals surface area contributed by atoms with E-state index in [1.165, 1.54) is 12.1 Å². The number of halogens is 2. The van der Waals surface area contributed by atoms with E-state index in [0.717, 1.165) is 38.6 Å². The molecular formula is C31H26F2N4O. The molecule has 0 saturated heterocycles. The van der Waals surface area contributed by atoms with E-state index < -0.39 is 12.6 Å². The number of hydrogen-bond donors (Lipinski definition) is 2. The number of amides is 1. The van der Waals surface area contributed by atoms with E-state index in [0.29, 0.717) is 35.3 Å². The average Bonchev–Trinajstić information content (AvgIpc) is 3.50. The van der Waals surface area contributed by atoms with Gasteiger partial charge in [-0.3, -0.25) is 9.18 Å². The van der Waals surface area contributed by atoms with E-state index in [9.17, 15) is 13.6 Å². The average molecular weight is 509 g/mol. The molecule has 0 aliphatic heterocycles. The lowest BCUT2D eigenvalue weighted by atomic mass is 9.91. The van der Waals surface area contributed by atoms with Gasteiger partial charge in [0, 0.05) is 27.6 Å². The Balaban J connectivity index is 1.60. The summed E-state index contributed by atoms with van der Waals surface area (Å²) < 4.78 is 28.9. The Morgan fingerprint density at radius 2 is 1.84 bits per heavy atom. The number of para-hydroxylation sites is 1. The van der Waals surface area contributed by atoms with Gasteiger partial charge in [0.05, 0.1) is 28.7 Å². The van der Waals surface area contributed by atoms with Crippen LogP contribution in [0.2, 0.25) is 0 Å². The van der Waals surface area contributed by atoms with Crippen LogP contribution in [0.3, 0.4) is 0 Å². The summed E-state index contributed by atoms with van der Waals surface area (Å²) >= 11 is 0. The molecule has 5 nitrogen and oxygen atoms in total. The van der Waals surface area contributed by atoms with Crippen molar-refractivity contribution in [3.63, 3.8) is 0 Å². The summed E-state index contributed by atoms with van der Waals surface area (Å²) in [5.41, 5.74) is 12.0. The van der Waals surface area contributed by atoms with Gasteiger partial charge in [-0.15, -0.1) is 0 Å². The second-order valence-corrected chi connectivity index (χ2v) is 9.67. The summed E-state index contributed by atoms with van der Waals surface area (Å²) in [4.78, 5) is 20.3. The van der Waals surface area contributed by atoms with Crippen molar-refractivity contribution in [2.75, 3.05) is 6.67 Å². The van der Waals surface area contributed by atoms with Gasteiger partial charge in [-0.2, -0.15) is 0 Å². The first-order chi connectivity index (χ1) is 18.5. The molecule has 1 atom stereocenters. The predicted molar refractivity (Wildman–Crippen MR) is 148 cm³/mol. The summed E-state index contributed by atoms with van der Waals surface area (Å²) in [6.07, 6.45) is 1.04. The Kier molecular flexibility index (Phi) is 5.91. The van der Waals surface area contributed by atoms with Crippen LogP contribution in [0, 0.1) is 5.82 Å². The molecule has 3 N–H and O–H groups in total. The fourth-order valence-corrected chi connectivity index (χ4v) is 5.46. The molecule has 2 heterocycles. The second-order valence-electron chi connectivity index (χ2n) is 9.67. The maximum atomic E-state index is 13.8. The van der Waals surface area contributed by atoms with E-state index in [1.807, 2.05) is 43.3 Å². The largest absolute Gasteiger partial charge is 0.366 e.